The van der Waals surface area contributed by atoms with Crippen LogP contribution in [0.2, 0.25) is 0 Å². The molecule has 0 bridgehead atoms. The van der Waals surface area contributed by atoms with Crippen LogP contribution in [-0.2, 0) is 5.75 Å². The van der Waals surface area contributed by atoms with E-state index in [1.54, 1.807) is 37.3 Å². The summed E-state index contributed by atoms with van der Waals surface area (Å²) in [6.07, 6.45) is 2.42. The summed E-state index contributed by atoms with van der Waals surface area (Å²) in [5.41, 5.74) is 2.40. The molecule has 1 aliphatic carbocycles. The molecule has 5 nitrogen and oxygen atoms in total. The first-order valence-corrected chi connectivity index (χ1v) is 10.4. The third-order valence-corrected chi connectivity index (χ3v) is 6.37. The van der Waals surface area contributed by atoms with Crippen LogP contribution in [0.4, 0.5) is 0 Å². The van der Waals surface area contributed by atoms with E-state index in [1.165, 1.54) is 28.8 Å². The van der Waals surface area contributed by atoms with E-state index in [0.717, 1.165) is 28.2 Å². The van der Waals surface area contributed by atoms with Crippen molar-refractivity contribution in [3.63, 3.8) is 0 Å². The lowest BCUT2D eigenvalue weighted by Gasteiger charge is -2.13. The number of thioether (sulfide) groups is 1. The van der Waals surface area contributed by atoms with Crippen molar-refractivity contribution in [2.24, 2.45) is 0 Å². The van der Waals surface area contributed by atoms with E-state index in [0.29, 0.717) is 6.04 Å². The highest BCUT2D eigenvalue weighted by Gasteiger charge is 2.30. The molecule has 0 unspecified atom stereocenters. The maximum atomic E-state index is 5.44. The standard InChI is InChI=1S/C19H21N3O2S2/c1-12-9-15(23-2)16(24-3)10-13(12)11-26-19-21-20-18(17-5-4-8-25-17)22(19)14-6-7-14/h4-5,8-10,14H,6-7,11H2,1-3H3. The zero-order valence-electron chi connectivity index (χ0n) is 15.1. The number of benzene rings is 1. The zero-order chi connectivity index (χ0) is 18.1. The minimum atomic E-state index is 0.538. The van der Waals surface area contributed by atoms with Gasteiger partial charge in [-0.25, -0.2) is 0 Å². The number of ether oxygens (including phenoxy) is 2. The molecular formula is C19H21N3O2S2. The number of aryl methyl sites for hydroxylation is 1. The predicted octanol–water partition coefficient (Wildman–Crippen LogP) is 4.96. The monoisotopic (exact) mass is 387 g/mol. The Hall–Kier alpha value is -1.99. The second-order valence-corrected chi connectivity index (χ2v) is 8.20. The SMILES string of the molecule is COc1cc(C)c(CSc2nnc(-c3cccs3)n2C2CC2)cc1OC. The summed E-state index contributed by atoms with van der Waals surface area (Å²) < 4.78 is 13.1. The van der Waals surface area contributed by atoms with Gasteiger partial charge in [0.15, 0.2) is 22.5 Å². The highest BCUT2D eigenvalue weighted by atomic mass is 32.2. The van der Waals surface area contributed by atoms with Crippen LogP contribution in [-0.4, -0.2) is 29.0 Å². The molecule has 7 heteroatoms. The van der Waals surface area contributed by atoms with Crippen molar-refractivity contribution in [3.05, 3.63) is 40.8 Å². The smallest absolute Gasteiger partial charge is 0.192 e. The Morgan fingerprint density at radius 1 is 1.19 bits per heavy atom. The van der Waals surface area contributed by atoms with Crippen LogP contribution in [0.1, 0.15) is 30.0 Å². The number of thiophene rings is 1. The topological polar surface area (TPSA) is 49.2 Å². The molecule has 0 amide bonds. The molecule has 3 aromatic rings. The number of methoxy groups -OCH3 is 2. The third-order valence-electron chi connectivity index (χ3n) is 4.52. The molecule has 4 rings (SSSR count). The molecule has 1 saturated carbocycles. The summed E-state index contributed by atoms with van der Waals surface area (Å²) in [5.74, 6) is 3.34. The second kappa shape index (κ2) is 7.32. The van der Waals surface area contributed by atoms with E-state index in [1.807, 2.05) is 6.07 Å². The second-order valence-electron chi connectivity index (χ2n) is 6.31. The summed E-state index contributed by atoms with van der Waals surface area (Å²) in [6.45, 7) is 2.10. The van der Waals surface area contributed by atoms with Crippen molar-refractivity contribution in [2.75, 3.05) is 14.2 Å². The van der Waals surface area contributed by atoms with Gasteiger partial charge in [-0.05, 0) is 54.5 Å². The molecule has 1 fully saturated rings. The maximum Gasteiger partial charge on any atom is 0.192 e. The van der Waals surface area contributed by atoms with Crippen LogP contribution in [0.5, 0.6) is 11.5 Å². The summed E-state index contributed by atoms with van der Waals surface area (Å²) in [7, 11) is 3.33. The van der Waals surface area contributed by atoms with E-state index in [4.69, 9.17) is 9.47 Å². The molecule has 0 aliphatic heterocycles. The Balaban J connectivity index is 1.59. The minimum absolute atomic E-state index is 0.538. The van der Waals surface area contributed by atoms with Gasteiger partial charge < -0.3 is 9.47 Å². The van der Waals surface area contributed by atoms with E-state index in [9.17, 15) is 0 Å². The molecule has 0 spiro atoms. The molecule has 136 valence electrons. The molecule has 0 atom stereocenters. The molecule has 0 radical (unpaired) electrons. The summed E-state index contributed by atoms with van der Waals surface area (Å²) >= 11 is 3.44. The molecule has 2 aromatic heterocycles. The van der Waals surface area contributed by atoms with Crippen molar-refractivity contribution in [3.8, 4) is 22.2 Å². The lowest BCUT2D eigenvalue weighted by molar-refractivity contribution is 0.354. The summed E-state index contributed by atoms with van der Waals surface area (Å²) in [5, 5.41) is 12.0. The molecule has 1 aliphatic rings. The number of rotatable bonds is 7. The number of nitrogens with zero attached hydrogens (tertiary/aromatic N) is 3. The molecule has 26 heavy (non-hydrogen) atoms. The summed E-state index contributed by atoms with van der Waals surface area (Å²) in [6, 6.07) is 8.79. The lowest BCUT2D eigenvalue weighted by Crippen LogP contribution is -1.99. The van der Waals surface area contributed by atoms with Gasteiger partial charge in [0.2, 0.25) is 0 Å². The van der Waals surface area contributed by atoms with E-state index in [2.05, 4.69) is 45.3 Å². The minimum Gasteiger partial charge on any atom is -0.493 e. The van der Waals surface area contributed by atoms with Crippen molar-refractivity contribution in [1.82, 2.24) is 14.8 Å². The Morgan fingerprint density at radius 3 is 2.62 bits per heavy atom. The van der Waals surface area contributed by atoms with E-state index < -0.39 is 0 Å². The van der Waals surface area contributed by atoms with Crippen LogP contribution in [0, 0.1) is 6.92 Å². The lowest BCUT2D eigenvalue weighted by atomic mass is 10.1. The molecule has 0 N–H and O–H groups in total. The van der Waals surface area contributed by atoms with Crippen LogP contribution in [0.3, 0.4) is 0 Å². The van der Waals surface area contributed by atoms with Gasteiger partial charge >= 0.3 is 0 Å². The van der Waals surface area contributed by atoms with Gasteiger partial charge in [0, 0.05) is 11.8 Å². The Labute approximate surface area is 161 Å². The predicted molar refractivity (Wildman–Crippen MR) is 105 cm³/mol. The van der Waals surface area contributed by atoms with Gasteiger partial charge in [0.25, 0.3) is 0 Å². The fourth-order valence-corrected chi connectivity index (χ4v) is 4.71. The largest absolute Gasteiger partial charge is 0.493 e. The van der Waals surface area contributed by atoms with Crippen LogP contribution in [0.15, 0.2) is 34.8 Å². The van der Waals surface area contributed by atoms with Gasteiger partial charge in [0.05, 0.1) is 19.1 Å². The van der Waals surface area contributed by atoms with Crippen LogP contribution < -0.4 is 9.47 Å². The van der Waals surface area contributed by atoms with Gasteiger partial charge in [-0.1, -0.05) is 17.8 Å². The maximum absolute atomic E-state index is 5.44. The molecule has 0 saturated heterocycles. The van der Waals surface area contributed by atoms with Crippen molar-refractivity contribution >= 4 is 23.1 Å². The normalized spacial score (nSPS) is 13.8. The van der Waals surface area contributed by atoms with Gasteiger partial charge in [-0.3, -0.25) is 4.57 Å². The first-order chi connectivity index (χ1) is 12.7. The number of aromatic nitrogens is 3. The zero-order valence-corrected chi connectivity index (χ0v) is 16.7. The average Bonchev–Trinajstić information content (AvgIpc) is 3.18. The third kappa shape index (κ3) is 3.33. The number of hydrogen-bond donors (Lipinski definition) is 0. The van der Waals surface area contributed by atoms with Gasteiger partial charge in [-0.2, -0.15) is 0 Å². The molecule has 2 heterocycles. The van der Waals surface area contributed by atoms with Gasteiger partial charge in [0.1, 0.15) is 0 Å². The first-order valence-electron chi connectivity index (χ1n) is 8.54. The van der Waals surface area contributed by atoms with E-state index >= 15 is 0 Å². The highest BCUT2D eigenvalue weighted by molar-refractivity contribution is 7.98. The first kappa shape index (κ1) is 17.4. The van der Waals surface area contributed by atoms with Gasteiger partial charge in [-0.15, -0.1) is 21.5 Å². The quantitative estimate of drug-likeness (QED) is 0.536. The highest BCUT2D eigenvalue weighted by Crippen LogP contribution is 2.42. The number of hydrogen-bond acceptors (Lipinski definition) is 6. The van der Waals surface area contributed by atoms with Crippen molar-refractivity contribution in [1.29, 1.82) is 0 Å². The fraction of sp³-hybridized carbons (Fsp3) is 0.368. The summed E-state index contributed by atoms with van der Waals surface area (Å²) in [4.78, 5) is 1.18. The molecular weight excluding hydrogens is 366 g/mol. The van der Waals surface area contributed by atoms with Crippen LogP contribution >= 0.6 is 23.1 Å². The Bertz CT molecular complexity index is 902. The molecule has 1 aromatic carbocycles. The Morgan fingerprint density at radius 2 is 1.96 bits per heavy atom. The van der Waals surface area contributed by atoms with E-state index in [-0.39, 0.29) is 0 Å². The fourth-order valence-electron chi connectivity index (χ4n) is 2.93. The van der Waals surface area contributed by atoms with Crippen LogP contribution in [0.25, 0.3) is 10.7 Å². The average molecular weight is 388 g/mol. The Kier molecular flexibility index (Phi) is 4.91. The van der Waals surface area contributed by atoms with Crippen molar-refractivity contribution in [2.45, 2.75) is 36.7 Å². The van der Waals surface area contributed by atoms with Crippen molar-refractivity contribution < 1.29 is 9.47 Å².